The van der Waals surface area contributed by atoms with Crippen molar-refractivity contribution in [3.8, 4) is 0 Å². The minimum atomic E-state index is 0.175. The minimum absolute atomic E-state index is 0.175. The monoisotopic (exact) mass is 254 g/mol. The Morgan fingerprint density at radius 1 is 1.00 bits per heavy atom. The van der Waals surface area contributed by atoms with Crippen LogP contribution in [0.3, 0.4) is 0 Å². The van der Waals surface area contributed by atoms with E-state index in [1.165, 1.54) is 11.1 Å². The molecule has 2 heteroatoms. The van der Waals surface area contributed by atoms with Crippen molar-refractivity contribution in [1.29, 1.82) is 0 Å². The SMILES string of the molecule is CC(C)(C)C(NCc1ccncc1)c1ccccc1. The van der Waals surface area contributed by atoms with Crippen LogP contribution in [0.15, 0.2) is 54.9 Å². The quantitative estimate of drug-likeness (QED) is 0.893. The molecule has 2 rings (SSSR count). The molecule has 19 heavy (non-hydrogen) atoms. The van der Waals surface area contributed by atoms with Crippen molar-refractivity contribution < 1.29 is 0 Å². The van der Waals surface area contributed by atoms with Crippen LogP contribution in [0.1, 0.15) is 37.9 Å². The molecule has 0 aliphatic carbocycles. The molecule has 0 aliphatic heterocycles. The van der Waals surface area contributed by atoms with Crippen LogP contribution in [-0.2, 0) is 6.54 Å². The standard InChI is InChI=1S/C17H22N2/c1-17(2,3)16(15-7-5-4-6-8-15)19-13-14-9-11-18-12-10-14/h4-12,16,19H,13H2,1-3H3. The Hall–Kier alpha value is -1.67. The zero-order valence-corrected chi connectivity index (χ0v) is 11.9. The van der Waals surface area contributed by atoms with Gasteiger partial charge in [-0.15, -0.1) is 0 Å². The van der Waals surface area contributed by atoms with Crippen LogP contribution in [0.25, 0.3) is 0 Å². The number of pyridine rings is 1. The fourth-order valence-corrected chi connectivity index (χ4v) is 2.29. The van der Waals surface area contributed by atoms with Gasteiger partial charge in [0.1, 0.15) is 0 Å². The topological polar surface area (TPSA) is 24.9 Å². The number of rotatable bonds is 4. The Bertz CT molecular complexity index is 486. The highest BCUT2D eigenvalue weighted by Crippen LogP contribution is 2.32. The van der Waals surface area contributed by atoms with Crippen LogP contribution < -0.4 is 5.32 Å². The summed E-state index contributed by atoms with van der Waals surface area (Å²) >= 11 is 0. The third-order valence-electron chi connectivity index (χ3n) is 3.26. The van der Waals surface area contributed by atoms with E-state index in [4.69, 9.17) is 0 Å². The van der Waals surface area contributed by atoms with Gasteiger partial charge in [-0.1, -0.05) is 51.1 Å². The first-order valence-electron chi connectivity index (χ1n) is 6.74. The zero-order chi connectivity index (χ0) is 13.7. The molecule has 100 valence electrons. The Morgan fingerprint density at radius 2 is 1.63 bits per heavy atom. The van der Waals surface area contributed by atoms with Gasteiger partial charge < -0.3 is 5.32 Å². The molecule has 0 amide bonds. The van der Waals surface area contributed by atoms with Gasteiger partial charge in [-0.3, -0.25) is 4.98 Å². The van der Waals surface area contributed by atoms with Gasteiger partial charge in [0, 0.05) is 25.0 Å². The van der Waals surface area contributed by atoms with Crippen molar-refractivity contribution in [3.63, 3.8) is 0 Å². The van der Waals surface area contributed by atoms with Crippen LogP contribution >= 0.6 is 0 Å². The van der Waals surface area contributed by atoms with E-state index in [1.54, 1.807) is 0 Å². The van der Waals surface area contributed by atoms with Crippen LogP contribution in [-0.4, -0.2) is 4.98 Å². The van der Waals surface area contributed by atoms with Crippen molar-refractivity contribution in [3.05, 3.63) is 66.0 Å². The Balaban J connectivity index is 2.12. The number of hydrogen-bond donors (Lipinski definition) is 1. The lowest BCUT2D eigenvalue weighted by atomic mass is 9.82. The van der Waals surface area contributed by atoms with Crippen molar-refractivity contribution >= 4 is 0 Å². The number of aromatic nitrogens is 1. The van der Waals surface area contributed by atoms with Gasteiger partial charge >= 0.3 is 0 Å². The van der Waals surface area contributed by atoms with E-state index in [-0.39, 0.29) is 5.41 Å². The highest BCUT2D eigenvalue weighted by atomic mass is 14.9. The summed E-state index contributed by atoms with van der Waals surface area (Å²) in [7, 11) is 0. The predicted octanol–water partition coefficient (Wildman–Crippen LogP) is 3.96. The molecule has 1 aromatic carbocycles. The summed E-state index contributed by atoms with van der Waals surface area (Å²) in [6, 6.07) is 15.1. The summed E-state index contributed by atoms with van der Waals surface area (Å²) in [5.41, 5.74) is 2.78. The third kappa shape index (κ3) is 3.90. The maximum absolute atomic E-state index is 4.05. The molecule has 0 radical (unpaired) electrons. The molecule has 2 nitrogen and oxygen atoms in total. The van der Waals surface area contributed by atoms with Gasteiger partial charge in [0.05, 0.1) is 0 Å². The maximum atomic E-state index is 4.05. The van der Waals surface area contributed by atoms with E-state index in [1.807, 2.05) is 12.4 Å². The summed E-state index contributed by atoms with van der Waals surface area (Å²) in [6.07, 6.45) is 3.68. The number of hydrogen-bond acceptors (Lipinski definition) is 2. The lowest BCUT2D eigenvalue weighted by Gasteiger charge is -2.32. The third-order valence-corrected chi connectivity index (χ3v) is 3.26. The second kappa shape index (κ2) is 5.98. The molecular formula is C17H22N2. The average molecular weight is 254 g/mol. The smallest absolute Gasteiger partial charge is 0.0372 e. The largest absolute Gasteiger partial charge is 0.305 e. The maximum Gasteiger partial charge on any atom is 0.0372 e. The van der Waals surface area contributed by atoms with E-state index in [2.05, 4.69) is 73.5 Å². The molecule has 1 heterocycles. The van der Waals surface area contributed by atoms with Crippen molar-refractivity contribution in [1.82, 2.24) is 10.3 Å². The van der Waals surface area contributed by atoms with Crippen molar-refractivity contribution in [2.24, 2.45) is 5.41 Å². The molecule has 1 aromatic heterocycles. The first-order chi connectivity index (χ1) is 9.07. The molecule has 2 aromatic rings. The van der Waals surface area contributed by atoms with Crippen LogP contribution in [0.5, 0.6) is 0 Å². The number of benzene rings is 1. The number of nitrogens with one attached hydrogen (secondary N) is 1. The van der Waals surface area contributed by atoms with Crippen LogP contribution in [0, 0.1) is 5.41 Å². The Morgan fingerprint density at radius 3 is 2.21 bits per heavy atom. The first kappa shape index (κ1) is 13.8. The van der Waals surface area contributed by atoms with Gasteiger partial charge in [0.25, 0.3) is 0 Å². The summed E-state index contributed by atoms with van der Waals surface area (Å²) in [4.78, 5) is 4.05. The highest BCUT2D eigenvalue weighted by molar-refractivity contribution is 5.21. The second-order valence-corrected chi connectivity index (χ2v) is 5.95. The molecule has 1 atom stereocenters. The normalized spacial score (nSPS) is 13.2. The fourth-order valence-electron chi connectivity index (χ4n) is 2.29. The fraction of sp³-hybridized carbons (Fsp3) is 0.353. The minimum Gasteiger partial charge on any atom is -0.305 e. The number of nitrogens with zero attached hydrogens (tertiary/aromatic N) is 1. The van der Waals surface area contributed by atoms with Gasteiger partial charge in [-0.05, 0) is 28.7 Å². The molecule has 1 N–H and O–H groups in total. The van der Waals surface area contributed by atoms with E-state index in [0.717, 1.165) is 6.54 Å². The molecule has 0 spiro atoms. The molecular weight excluding hydrogens is 232 g/mol. The van der Waals surface area contributed by atoms with E-state index in [0.29, 0.717) is 6.04 Å². The molecule has 0 aliphatic rings. The van der Waals surface area contributed by atoms with Gasteiger partial charge in [-0.25, -0.2) is 0 Å². The Labute approximate surface area is 115 Å². The molecule has 0 saturated heterocycles. The summed E-state index contributed by atoms with van der Waals surface area (Å²) < 4.78 is 0. The van der Waals surface area contributed by atoms with Gasteiger partial charge in [-0.2, -0.15) is 0 Å². The Kier molecular flexibility index (Phi) is 4.33. The van der Waals surface area contributed by atoms with Crippen molar-refractivity contribution in [2.45, 2.75) is 33.4 Å². The van der Waals surface area contributed by atoms with Crippen LogP contribution in [0.4, 0.5) is 0 Å². The second-order valence-electron chi connectivity index (χ2n) is 5.95. The summed E-state index contributed by atoms with van der Waals surface area (Å²) in [6.45, 7) is 7.66. The molecule has 0 saturated carbocycles. The van der Waals surface area contributed by atoms with E-state index >= 15 is 0 Å². The summed E-state index contributed by atoms with van der Waals surface area (Å²) in [5.74, 6) is 0. The average Bonchev–Trinajstić information content (AvgIpc) is 2.40. The molecule has 0 fully saturated rings. The van der Waals surface area contributed by atoms with Crippen LogP contribution in [0.2, 0.25) is 0 Å². The lowest BCUT2D eigenvalue weighted by molar-refractivity contribution is 0.271. The molecule has 0 bridgehead atoms. The van der Waals surface area contributed by atoms with E-state index < -0.39 is 0 Å². The summed E-state index contributed by atoms with van der Waals surface area (Å²) in [5, 5.41) is 3.66. The predicted molar refractivity (Wildman–Crippen MR) is 79.7 cm³/mol. The molecule has 1 unspecified atom stereocenters. The van der Waals surface area contributed by atoms with Gasteiger partial charge in [0.2, 0.25) is 0 Å². The zero-order valence-electron chi connectivity index (χ0n) is 11.9. The lowest BCUT2D eigenvalue weighted by Crippen LogP contribution is -2.32. The highest BCUT2D eigenvalue weighted by Gasteiger charge is 2.25. The van der Waals surface area contributed by atoms with Crippen molar-refractivity contribution in [2.75, 3.05) is 0 Å². The first-order valence-corrected chi connectivity index (χ1v) is 6.74. The van der Waals surface area contributed by atoms with Gasteiger partial charge in [0.15, 0.2) is 0 Å². The van der Waals surface area contributed by atoms with E-state index in [9.17, 15) is 0 Å².